The fourth-order valence-electron chi connectivity index (χ4n) is 1.07. The topological polar surface area (TPSA) is 26.0 Å². The van der Waals surface area contributed by atoms with E-state index in [2.05, 4.69) is 12.2 Å². The van der Waals surface area contributed by atoms with Crippen LogP contribution in [0.4, 0.5) is 0 Å². The third-order valence-corrected chi connectivity index (χ3v) is 1.94. The molecular weight excluding hydrogens is 122 g/mol. The number of allylic oxidation sites excluding steroid dienone is 1. The van der Waals surface area contributed by atoms with E-state index in [0.29, 0.717) is 0 Å². The molecule has 0 amide bonds. The molecule has 0 saturated heterocycles. The average molecular weight is 139 g/mol. The van der Waals surface area contributed by atoms with Crippen molar-refractivity contribution in [2.75, 3.05) is 6.54 Å². The van der Waals surface area contributed by atoms with E-state index in [9.17, 15) is 0 Å². The molecule has 0 radical (unpaired) electrons. The van der Waals surface area contributed by atoms with Crippen LogP contribution in [0.3, 0.4) is 0 Å². The van der Waals surface area contributed by atoms with E-state index in [0.717, 1.165) is 18.9 Å². The number of hydrogen-bond acceptors (Lipinski definition) is 1. The Labute approximate surface area is 63.3 Å². The lowest BCUT2D eigenvalue weighted by atomic mass is 10.2. The van der Waals surface area contributed by atoms with Crippen molar-refractivity contribution in [1.29, 1.82) is 0 Å². The van der Waals surface area contributed by atoms with Crippen LogP contribution in [0, 0.1) is 5.92 Å². The zero-order chi connectivity index (χ0) is 7.23. The molecule has 1 aliphatic carbocycles. The fraction of sp³-hybridized carbons (Fsp3) is 0.778. The molecule has 0 atom stereocenters. The summed E-state index contributed by atoms with van der Waals surface area (Å²) in [6.45, 7) is 0.792. The summed E-state index contributed by atoms with van der Waals surface area (Å²) < 4.78 is 0. The molecule has 0 aromatic heterocycles. The van der Waals surface area contributed by atoms with Crippen LogP contribution in [0.5, 0.6) is 0 Å². The molecule has 1 heteroatoms. The number of nitrogens with two attached hydrogens (primary N) is 1. The van der Waals surface area contributed by atoms with Gasteiger partial charge in [-0.05, 0) is 31.7 Å². The Morgan fingerprint density at radius 1 is 1.20 bits per heavy atom. The molecule has 1 fully saturated rings. The average Bonchev–Trinajstić information content (AvgIpc) is 2.71. The van der Waals surface area contributed by atoms with E-state index in [4.69, 9.17) is 5.73 Å². The molecular formula is C9H17N. The second kappa shape index (κ2) is 4.51. The van der Waals surface area contributed by atoms with Gasteiger partial charge in [0.25, 0.3) is 0 Å². The SMILES string of the molecule is NCCC=CCCC1CC1. The van der Waals surface area contributed by atoms with E-state index in [1.165, 1.54) is 25.7 Å². The maximum Gasteiger partial charge on any atom is -0.00426 e. The Morgan fingerprint density at radius 2 is 1.90 bits per heavy atom. The normalized spacial score (nSPS) is 18.5. The molecule has 0 aromatic carbocycles. The first-order chi connectivity index (χ1) is 4.93. The molecule has 10 heavy (non-hydrogen) atoms. The lowest BCUT2D eigenvalue weighted by molar-refractivity contribution is 0.740. The molecule has 1 rings (SSSR count). The highest BCUT2D eigenvalue weighted by atomic mass is 14.5. The molecule has 2 N–H and O–H groups in total. The van der Waals surface area contributed by atoms with Crippen LogP contribution in [-0.4, -0.2) is 6.54 Å². The highest BCUT2D eigenvalue weighted by Gasteiger charge is 2.19. The zero-order valence-electron chi connectivity index (χ0n) is 6.55. The van der Waals surface area contributed by atoms with Crippen molar-refractivity contribution in [1.82, 2.24) is 0 Å². The van der Waals surface area contributed by atoms with Crippen LogP contribution in [0.25, 0.3) is 0 Å². The molecule has 0 spiro atoms. The van der Waals surface area contributed by atoms with E-state index in [1.807, 2.05) is 0 Å². The van der Waals surface area contributed by atoms with Crippen LogP contribution >= 0.6 is 0 Å². The Hall–Kier alpha value is -0.300. The molecule has 0 aliphatic heterocycles. The molecule has 0 aromatic rings. The van der Waals surface area contributed by atoms with Gasteiger partial charge in [0.1, 0.15) is 0 Å². The van der Waals surface area contributed by atoms with Crippen molar-refractivity contribution >= 4 is 0 Å². The minimum absolute atomic E-state index is 0.792. The van der Waals surface area contributed by atoms with Gasteiger partial charge in [-0.1, -0.05) is 25.0 Å². The largest absolute Gasteiger partial charge is 0.330 e. The van der Waals surface area contributed by atoms with Gasteiger partial charge >= 0.3 is 0 Å². The molecule has 0 unspecified atom stereocenters. The Kier molecular flexibility index (Phi) is 3.52. The smallest absolute Gasteiger partial charge is 0.00426 e. The minimum Gasteiger partial charge on any atom is -0.330 e. The molecule has 1 nitrogen and oxygen atoms in total. The summed E-state index contributed by atoms with van der Waals surface area (Å²) in [5.41, 5.74) is 5.33. The fourth-order valence-corrected chi connectivity index (χ4v) is 1.07. The van der Waals surface area contributed by atoms with E-state index >= 15 is 0 Å². The molecule has 1 aliphatic rings. The maximum atomic E-state index is 5.33. The van der Waals surface area contributed by atoms with Gasteiger partial charge in [0, 0.05) is 0 Å². The van der Waals surface area contributed by atoms with Crippen molar-refractivity contribution in [3.05, 3.63) is 12.2 Å². The third-order valence-electron chi connectivity index (χ3n) is 1.94. The van der Waals surface area contributed by atoms with Gasteiger partial charge in [0.15, 0.2) is 0 Å². The second-order valence-electron chi connectivity index (χ2n) is 3.07. The molecule has 1 saturated carbocycles. The highest BCUT2D eigenvalue weighted by molar-refractivity contribution is 4.84. The van der Waals surface area contributed by atoms with E-state index in [1.54, 1.807) is 0 Å². The van der Waals surface area contributed by atoms with E-state index in [-0.39, 0.29) is 0 Å². The molecule has 0 heterocycles. The van der Waals surface area contributed by atoms with Gasteiger partial charge in [-0.25, -0.2) is 0 Å². The first-order valence-electron chi connectivity index (χ1n) is 4.28. The van der Waals surface area contributed by atoms with Crippen LogP contribution in [0.1, 0.15) is 32.1 Å². The van der Waals surface area contributed by atoms with Gasteiger partial charge < -0.3 is 5.73 Å². The predicted octanol–water partition coefficient (Wildman–Crippen LogP) is 2.08. The van der Waals surface area contributed by atoms with Gasteiger partial charge in [0.2, 0.25) is 0 Å². The van der Waals surface area contributed by atoms with Gasteiger partial charge in [-0.15, -0.1) is 0 Å². The first-order valence-corrected chi connectivity index (χ1v) is 4.28. The minimum atomic E-state index is 0.792. The monoisotopic (exact) mass is 139 g/mol. The summed E-state index contributed by atoms with van der Waals surface area (Å²) in [4.78, 5) is 0. The van der Waals surface area contributed by atoms with Gasteiger partial charge in [-0.3, -0.25) is 0 Å². The molecule has 58 valence electrons. The third kappa shape index (κ3) is 3.67. The number of hydrogen-bond donors (Lipinski definition) is 1. The quantitative estimate of drug-likeness (QED) is 0.580. The maximum absolute atomic E-state index is 5.33. The lowest BCUT2D eigenvalue weighted by Gasteiger charge is -1.89. The summed E-state index contributed by atoms with van der Waals surface area (Å²) in [5, 5.41) is 0. The van der Waals surface area contributed by atoms with Gasteiger partial charge in [0.05, 0.1) is 0 Å². The second-order valence-corrected chi connectivity index (χ2v) is 3.07. The summed E-state index contributed by atoms with van der Waals surface area (Å²) in [7, 11) is 0. The lowest BCUT2D eigenvalue weighted by Crippen LogP contribution is -1.94. The van der Waals surface area contributed by atoms with Gasteiger partial charge in [-0.2, -0.15) is 0 Å². The van der Waals surface area contributed by atoms with Crippen LogP contribution in [-0.2, 0) is 0 Å². The van der Waals surface area contributed by atoms with Crippen molar-refractivity contribution in [2.24, 2.45) is 11.7 Å². The predicted molar refractivity (Wildman–Crippen MR) is 44.8 cm³/mol. The van der Waals surface area contributed by atoms with Crippen LogP contribution in [0.2, 0.25) is 0 Å². The zero-order valence-corrected chi connectivity index (χ0v) is 6.55. The van der Waals surface area contributed by atoms with E-state index < -0.39 is 0 Å². The summed E-state index contributed by atoms with van der Waals surface area (Å²) in [5.74, 6) is 1.07. The van der Waals surface area contributed by atoms with Crippen LogP contribution < -0.4 is 5.73 Å². The number of rotatable bonds is 5. The van der Waals surface area contributed by atoms with Crippen molar-refractivity contribution in [3.63, 3.8) is 0 Å². The summed E-state index contributed by atoms with van der Waals surface area (Å²) in [6, 6.07) is 0. The van der Waals surface area contributed by atoms with Crippen molar-refractivity contribution in [2.45, 2.75) is 32.1 Å². The Morgan fingerprint density at radius 3 is 2.50 bits per heavy atom. The Balaban J connectivity index is 1.83. The highest BCUT2D eigenvalue weighted by Crippen LogP contribution is 2.33. The standard InChI is InChI=1S/C9H17N/c10-8-4-2-1-3-5-9-6-7-9/h1-2,9H,3-8,10H2. The Bertz CT molecular complexity index is 103. The van der Waals surface area contributed by atoms with Crippen LogP contribution in [0.15, 0.2) is 12.2 Å². The summed E-state index contributed by atoms with van der Waals surface area (Å²) in [6.07, 6.45) is 11.1. The van der Waals surface area contributed by atoms with Crippen molar-refractivity contribution < 1.29 is 0 Å². The molecule has 0 bridgehead atoms. The first kappa shape index (κ1) is 7.80. The summed E-state index contributed by atoms with van der Waals surface area (Å²) >= 11 is 0. The van der Waals surface area contributed by atoms with Crippen molar-refractivity contribution in [3.8, 4) is 0 Å².